The quantitative estimate of drug-likeness (QED) is 0.839. The number of carbonyl (C=O) groups is 1. The maximum Gasteiger partial charge on any atom is 0.242 e. The van der Waals surface area contributed by atoms with Crippen LogP contribution in [-0.4, -0.2) is 27.5 Å². The van der Waals surface area contributed by atoms with E-state index in [1.807, 2.05) is 27.7 Å². The summed E-state index contributed by atoms with van der Waals surface area (Å²) in [5.74, 6) is 0.807. The van der Waals surface area contributed by atoms with Gasteiger partial charge < -0.3 is 10.6 Å². The van der Waals surface area contributed by atoms with E-state index in [1.54, 1.807) is 6.33 Å². The molecule has 0 aliphatic heterocycles. The van der Waals surface area contributed by atoms with Crippen LogP contribution in [0.3, 0.4) is 0 Å². The van der Waals surface area contributed by atoms with E-state index in [0.29, 0.717) is 0 Å². The molecule has 0 fully saturated rings. The van der Waals surface area contributed by atoms with Crippen LogP contribution in [0.25, 0.3) is 0 Å². The van der Waals surface area contributed by atoms with Crippen LogP contribution < -0.4 is 10.6 Å². The van der Waals surface area contributed by atoms with Crippen LogP contribution in [0.5, 0.6) is 0 Å². The van der Waals surface area contributed by atoms with E-state index in [2.05, 4.69) is 20.6 Å². The highest BCUT2D eigenvalue weighted by Crippen LogP contribution is 2.24. The lowest BCUT2D eigenvalue weighted by Gasteiger charge is -2.24. The molecule has 0 aromatic carbocycles. The number of amides is 1. The highest BCUT2D eigenvalue weighted by Gasteiger charge is 2.21. The van der Waals surface area contributed by atoms with Crippen LogP contribution in [-0.2, 0) is 17.6 Å². The molecule has 0 saturated carbocycles. The number of hydrogen-bond acceptors (Lipinski definition) is 4. The number of hydrogen-bond donors (Lipinski definition) is 2. The number of fused-ring (bicyclic) bond motifs is 1. The second-order valence-corrected chi connectivity index (χ2v) is 6.81. The average molecular weight is 290 g/mol. The Morgan fingerprint density at radius 1 is 1.19 bits per heavy atom. The van der Waals surface area contributed by atoms with Gasteiger partial charge in [-0.2, -0.15) is 0 Å². The Morgan fingerprint density at radius 2 is 1.90 bits per heavy atom. The predicted molar refractivity (Wildman–Crippen MR) is 84.3 cm³/mol. The smallest absolute Gasteiger partial charge is 0.242 e. The van der Waals surface area contributed by atoms with Gasteiger partial charge in [-0.05, 0) is 53.4 Å². The van der Waals surface area contributed by atoms with E-state index in [0.717, 1.165) is 30.8 Å². The Balaban J connectivity index is 2.11. The lowest BCUT2D eigenvalue weighted by Crippen LogP contribution is -2.47. The van der Waals surface area contributed by atoms with Crippen molar-refractivity contribution in [3.8, 4) is 0 Å². The topological polar surface area (TPSA) is 66.9 Å². The minimum Gasteiger partial charge on any atom is -0.358 e. The number of aromatic nitrogens is 2. The standard InChI is InChI=1S/C16H26N4O/c1-11(15(21)20-16(2,3)4)19-14-12-8-6-5-7-9-13(12)17-10-18-14/h10-11H,5-9H2,1-4H3,(H,20,21)(H,17,18,19). The SMILES string of the molecule is CC(Nc1ncnc2c1CCCCC2)C(=O)NC(C)(C)C. The van der Waals surface area contributed by atoms with Gasteiger partial charge in [-0.1, -0.05) is 6.42 Å². The molecule has 116 valence electrons. The molecule has 1 aliphatic carbocycles. The molecule has 0 radical (unpaired) electrons. The molecule has 1 unspecified atom stereocenters. The molecule has 2 N–H and O–H groups in total. The van der Waals surface area contributed by atoms with Crippen LogP contribution in [0, 0.1) is 0 Å². The van der Waals surface area contributed by atoms with Gasteiger partial charge in [-0.15, -0.1) is 0 Å². The summed E-state index contributed by atoms with van der Waals surface area (Å²) in [5.41, 5.74) is 2.09. The minimum atomic E-state index is -0.313. The molecule has 1 amide bonds. The molecule has 2 rings (SSSR count). The van der Waals surface area contributed by atoms with Crippen LogP contribution >= 0.6 is 0 Å². The van der Waals surface area contributed by atoms with Gasteiger partial charge in [0.2, 0.25) is 5.91 Å². The summed E-state index contributed by atoms with van der Waals surface area (Å²) < 4.78 is 0. The zero-order valence-electron chi connectivity index (χ0n) is 13.5. The fraction of sp³-hybridized carbons (Fsp3) is 0.688. The predicted octanol–water partition coefficient (Wildman–Crippen LogP) is 2.46. The third kappa shape index (κ3) is 4.41. The Morgan fingerprint density at radius 3 is 2.62 bits per heavy atom. The zero-order valence-corrected chi connectivity index (χ0v) is 13.5. The number of rotatable bonds is 3. The van der Waals surface area contributed by atoms with Crippen LogP contribution in [0.2, 0.25) is 0 Å². The first-order valence-corrected chi connectivity index (χ1v) is 7.78. The third-order valence-corrected chi connectivity index (χ3v) is 3.62. The normalized spacial score (nSPS) is 16.6. The van der Waals surface area contributed by atoms with Crippen LogP contribution in [0.1, 0.15) is 58.2 Å². The molecule has 1 aromatic rings. The van der Waals surface area contributed by atoms with E-state index in [9.17, 15) is 4.79 Å². The van der Waals surface area contributed by atoms with Crippen molar-refractivity contribution >= 4 is 11.7 Å². The Bertz CT molecular complexity index is 507. The van der Waals surface area contributed by atoms with Crippen molar-refractivity contribution in [2.75, 3.05) is 5.32 Å². The second kappa shape index (κ2) is 6.41. The number of nitrogens with zero attached hydrogens (tertiary/aromatic N) is 2. The molecule has 5 nitrogen and oxygen atoms in total. The first kappa shape index (κ1) is 15.7. The molecule has 1 heterocycles. The highest BCUT2D eigenvalue weighted by atomic mass is 16.2. The summed E-state index contributed by atoms with van der Waals surface area (Å²) in [7, 11) is 0. The van der Waals surface area contributed by atoms with Crippen molar-refractivity contribution in [2.24, 2.45) is 0 Å². The molecule has 0 saturated heterocycles. The molecular weight excluding hydrogens is 264 g/mol. The maximum absolute atomic E-state index is 12.2. The minimum absolute atomic E-state index is 0.0107. The number of anilines is 1. The average Bonchev–Trinajstić information content (AvgIpc) is 2.62. The maximum atomic E-state index is 12.2. The number of carbonyl (C=O) groups excluding carboxylic acids is 1. The van der Waals surface area contributed by atoms with Gasteiger partial charge >= 0.3 is 0 Å². The molecule has 1 aliphatic rings. The van der Waals surface area contributed by atoms with Crippen molar-refractivity contribution in [3.05, 3.63) is 17.6 Å². The largest absolute Gasteiger partial charge is 0.358 e. The summed E-state index contributed by atoms with van der Waals surface area (Å²) in [5, 5.41) is 6.24. The monoisotopic (exact) mass is 290 g/mol. The van der Waals surface area contributed by atoms with Crippen LogP contribution in [0.4, 0.5) is 5.82 Å². The summed E-state index contributed by atoms with van der Waals surface area (Å²) in [6.45, 7) is 7.81. The van der Waals surface area contributed by atoms with E-state index in [-0.39, 0.29) is 17.5 Å². The van der Waals surface area contributed by atoms with Gasteiger partial charge in [0, 0.05) is 16.8 Å². The van der Waals surface area contributed by atoms with Gasteiger partial charge in [0.05, 0.1) is 0 Å². The summed E-state index contributed by atoms with van der Waals surface area (Å²) >= 11 is 0. The molecule has 1 atom stereocenters. The van der Waals surface area contributed by atoms with Gasteiger partial charge in [0.25, 0.3) is 0 Å². The van der Waals surface area contributed by atoms with Gasteiger partial charge in [-0.25, -0.2) is 9.97 Å². The van der Waals surface area contributed by atoms with Gasteiger partial charge in [0.1, 0.15) is 18.2 Å². The van der Waals surface area contributed by atoms with E-state index in [1.165, 1.54) is 18.4 Å². The number of nitrogens with one attached hydrogen (secondary N) is 2. The Labute approximate surface area is 127 Å². The van der Waals surface area contributed by atoms with Crippen molar-refractivity contribution in [2.45, 2.75) is 71.4 Å². The first-order valence-electron chi connectivity index (χ1n) is 7.78. The van der Waals surface area contributed by atoms with Crippen molar-refractivity contribution in [1.82, 2.24) is 15.3 Å². The molecule has 0 bridgehead atoms. The number of aryl methyl sites for hydroxylation is 1. The Hall–Kier alpha value is -1.65. The van der Waals surface area contributed by atoms with Crippen molar-refractivity contribution in [3.63, 3.8) is 0 Å². The molecular formula is C16H26N4O. The summed E-state index contributed by atoms with van der Waals surface area (Å²) in [4.78, 5) is 20.9. The molecule has 5 heteroatoms. The first-order chi connectivity index (χ1) is 9.87. The van der Waals surface area contributed by atoms with Gasteiger partial charge in [0.15, 0.2) is 0 Å². The zero-order chi connectivity index (χ0) is 15.5. The third-order valence-electron chi connectivity index (χ3n) is 3.62. The fourth-order valence-corrected chi connectivity index (χ4v) is 2.57. The van der Waals surface area contributed by atoms with Gasteiger partial charge in [-0.3, -0.25) is 4.79 Å². The summed E-state index contributed by atoms with van der Waals surface area (Å²) in [6, 6.07) is -0.313. The lowest BCUT2D eigenvalue weighted by atomic mass is 10.1. The lowest BCUT2D eigenvalue weighted by molar-refractivity contribution is -0.122. The van der Waals surface area contributed by atoms with Crippen LogP contribution in [0.15, 0.2) is 6.33 Å². The van der Waals surface area contributed by atoms with E-state index < -0.39 is 0 Å². The Kier molecular flexibility index (Phi) is 4.80. The molecule has 0 spiro atoms. The molecule has 21 heavy (non-hydrogen) atoms. The van der Waals surface area contributed by atoms with E-state index >= 15 is 0 Å². The second-order valence-electron chi connectivity index (χ2n) is 6.81. The van der Waals surface area contributed by atoms with Crippen molar-refractivity contribution < 1.29 is 4.79 Å². The summed E-state index contributed by atoms with van der Waals surface area (Å²) in [6.07, 6.45) is 7.18. The highest BCUT2D eigenvalue weighted by molar-refractivity contribution is 5.84. The molecule has 1 aromatic heterocycles. The fourth-order valence-electron chi connectivity index (χ4n) is 2.57. The van der Waals surface area contributed by atoms with E-state index in [4.69, 9.17) is 0 Å². The van der Waals surface area contributed by atoms with Crippen molar-refractivity contribution in [1.29, 1.82) is 0 Å².